The van der Waals surface area contributed by atoms with E-state index in [0.717, 1.165) is 21.9 Å². The van der Waals surface area contributed by atoms with Crippen LogP contribution in [0.1, 0.15) is 16.1 Å². The van der Waals surface area contributed by atoms with Crippen molar-refractivity contribution in [2.24, 2.45) is 0 Å². The van der Waals surface area contributed by atoms with Gasteiger partial charge in [-0.25, -0.2) is 4.98 Å². The molecule has 0 spiro atoms. The van der Waals surface area contributed by atoms with Gasteiger partial charge in [0.05, 0.1) is 21.3 Å². The van der Waals surface area contributed by atoms with E-state index >= 15 is 0 Å². The van der Waals surface area contributed by atoms with Gasteiger partial charge in [-0.2, -0.15) is 0 Å². The number of nitrogens with zero attached hydrogens (tertiary/aromatic N) is 1. The van der Waals surface area contributed by atoms with Crippen LogP contribution >= 0.6 is 11.3 Å². The zero-order chi connectivity index (χ0) is 19.2. The second-order valence-electron chi connectivity index (χ2n) is 5.60. The molecule has 140 valence electrons. The Morgan fingerprint density at radius 3 is 2.48 bits per heavy atom. The minimum Gasteiger partial charge on any atom is -0.497 e. The molecular formula is C20H20N2O4S. The molecule has 0 aliphatic carbocycles. The Labute approximate surface area is 161 Å². The predicted molar refractivity (Wildman–Crippen MR) is 105 cm³/mol. The normalized spacial score (nSPS) is 10.3. The molecule has 0 aliphatic heterocycles. The monoisotopic (exact) mass is 384 g/mol. The fraction of sp³-hybridized carbons (Fsp3) is 0.200. The third-order valence-corrected chi connectivity index (χ3v) is 4.89. The van der Waals surface area contributed by atoms with Crippen LogP contribution in [0, 0.1) is 0 Å². The van der Waals surface area contributed by atoms with Gasteiger partial charge in [0.1, 0.15) is 16.5 Å². The molecule has 7 heteroatoms. The van der Waals surface area contributed by atoms with Gasteiger partial charge in [0.2, 0.25) is 0 Å². The zero-order valence-corrected chi connectivity index (χ0v) is 16.1. The molecule has 1 N–H and O–H groups in total. The number of thiazole rings is 1. The van der Waals surface area contributed by atoms with Crippen LogP contribution in [-0.2, 0) is 6.54 Å². The summed E-state index contributed by atoms with van der Waals surface area (Å²) in [5.41, 5.74) is 2.15. The van der Waals surface area contributed by atoms with Crippen molar-refractivity contribution in [1.29, 1.82) is 0 Å². The highest BCUT2D eigenvalue weighted by Crippen LogP contribution is 2.30. The maximum Gasteiger partial charge on any atom is 0.271 e. The Hall–Kier alpha value is -3.06. The highest BCUT2D eigenvalue weighted by molar-refractivity contribution is 7.13. The van der Waals surface area contributed by atoms with Crippen LogP contribution in [0.4, 0.5) is 0 Å². The van der Waals surface area contributed by atoms with Crippen LogP contribution < -0.4 is 19.5 Å². The van der Waals surface area contributed by atoms with Crippen molar-refractivity contribution in [2.45, 2.75) is 6.54 Å². The maximum absolute atomic E-state index is 12.5. The van der Waals surface area contributed by atoms with Gasteiger partial charge in [-0.1, -0.05) is 12.1 Å². The summed E-state index contributed by atoms with van der Waals surface area (Å²) in [5, 5.41) is 5.40. The second-order valence-corrected chi connectivity index (χ2v) is 6.46. The minimum absolute atomic E-state index is 0.240. The third kappa shape index (κ3) is 4.20. The average molecular weight is 384 g/mol. The first-order valence-corrected chi connectivity index (χ1v) is 9.12. The first-order chi connectivity index (χ1) is 13.2. The van der Waals surface area contributed by atoms with Gasteiger partial charge in [0.25, 0.3) is 5.91 Å². The summed E-state index contributed by atoms with van der Waals surface area (Å²) in [6.45, 7) is 0.314. The molecule has 0 saturated heterocycles. The summed E-state index contributed by atoms with van der Waals surface area (Å²) in [6, 6.07) is 13.1. The fourth-order valence-corrected chi connectivity index (χ4v) is 3.41. The molecule has 1 amide bonds. The smallest absolute Gasteiger partial charge is 0.271 e. The topological polar surface area (TPSA) is 69.7 Å². The van der Waals surface area contributed by atoms with E-state index in [1.807, 2.05) is 42.5 Å². The number of aromatic nitrogens is 1. The summed E-state index contributed by atoms with van der Waals surface area (Å²) in [6.07, 6.45) is 0. The highest BCUT2D eigenvalue weighted by Gasteiger charge is 2.14. The Morgan fingerprint density at radius 2 is 1.81 bits per heavy atom. The van der Waals surface area contributed by atoms with Crippen molar-refractivity contribution in [1.82, 2.24) is 10.3 Å². The lowest BCUT2D eigenvalue weighted by atomic mass is 10.2. The molecule has 1 aromatic heterocycles. The number of benzene rings is 2. The Kier molecular flexibility index (Phi) is 5.93. The zero-order valence-electron chi connectivity index (χ0n) is 15.3. The number of ether oxygens (including phenoxy) is 3. The number of para-hydroxylation sites is 1. The van der Waals surface area contributed by atoms with Gasteiger partial charge in [-0.05, 0) is 30.3 Å². The number of amides is 1. The van der Waals surface area contributed by atoms with Crippen LogP contribution in [0.2, 0.25) is 0 Å². The van der Waals surface area contributed by atoms with Crippen LogP contribution in [0.5, 0.6) is 17.2 Å². The van der Waals surface area contributed by atoms with E-state index in [-0.39, 0.29) is 5.91 Å². The third-order valence-electron chi connectivity index (χ3n) is 4.00. The molecule has 0 bridgehead atoms. The molecular weight excluding hydrogens is 364 g/mol. The lowest BCUT2D eigenvalue weighted by Gasteiger charge is -2.12. The molecule has 3 rings (SSSR count). The summed E-state index contributed by atoms with van der Waals surface area (Å²) < 4.78 is 15.8. The predicted octanol–water partition coefficient (Wildman–Crippen LogP) is 3.77. The maximum atomic E-state index is 12.5. The molecule has 0 atom stereocenters. The standard InChI is InChI=1S/C20H20N2O4S/c1-24-15-9-7-13(8-10-15)20-22-16(12-27-20)19(23)21-11-14-5-4-6-17(25-2)18(14)26-3/h4-10,12H,11H2,1-3H3,(H,21,23). The summed E-state index contributed by atoms with van der Waals surface area (Å²) >= 11 is 1.42. The van der Waals surface area contributed by atoms with Crippen LogP contribution in [0.25, 0.3) is 10.6 Å². The lowest BCUT2D eigenvalue weighted by molar-refractivity contribution is 0.0946. The Balaban J connectivity index is 1.70. The molecule has 0 radical (unpaired) electrons. The van der Waals surface area contributed by atoms with E-state index in [9.17, 15) is 4.79 Å². The molecule has 2 aromatic carbocycles. The van der Waals surface area contributed by atoms with Crippen molar-refractivity contribution < 1.29 is 19.0 Å². The summed E-state index contributed by atoms with van der Waals surface area (Å²) in [5.74, 6) is 1.77. The van der Waals surface area contributed by atoms with E-state index < -0.39 is 0 Å². The first kappa shape index (κ1) is 18.7. The van der Waals surface area contributed by atoms with E-state index in [0.29, 0.717) is 23.7 Å². The molecule has 0 saturated carbocycles. The van der Waals surface area contributed by atoms with E-state index in [1.165, 1.54) is 11.3 Å². The first-order valence-electron chi connectivity index (χ1n) is 8.24. The molecule has 0 aliphatic rings. The van der Waals surface area contributed by atoms with Gasteiger partial charge in [0, 0.05) is 23.1 Å². The lowest BCUT2D eigenvalue weighted by Crippen LogP contribution is -2.23. The van der Waals surface area contributed by atoms with Crippen molar-refractivity contribution in [2.75, 3.05) is 21.3 Å². The summed E-state index contributed by atoms with van der Waals surface area (Å²) in [4.78, 5) is 16.9. The molecule has 0 fully saturated rings. The molecule has 3 aromatic rings. The van der Waals surface area contributed by atoms with Gasteiger partial charge in [-0.3, -0.25) is 4.79 Å². The van der Waals surface area contributed by atoms with Crippen LogP contribution in [-0.4, -0.2) is 32.2 Å². The largest absolute Gasteiger partial charge is 0.497 e. The molecule has 27 heavy (non-hydrogen) atoms. The second kappa shape index (κ2) is 8.55. The van der Waals surface area contributed by atoms with E-state index in [4.69, 9.17) is 14.2 Å². The van der Waals surface area contributed by atoms with Gasteiger partial charge in [0.15, 0.2) is 11.5 Å². The molecule has 0 unspecified atom stereocenters. The number of methoxy groups -OCH3 is 3. The molecule has 6 nitrogen and oxygen atoms in total. The highest BCUT2D eigenvalue weighted by atomic mass is 32.1. The minimum atomic E-state index is -0.240. The number of hydrogen-bond donors (Lipinski definition) is 1. The van der Waals surface area contributed by atoms with E-state index in [2.05, 4.69) is 10.3 Å². The van der Waals surface area contributed by atoms with Crippen molar-refractivity contribution in [3.8, 4) is 27.8 Å². The van der Waals surface area contributed by atoms with Gasteiger partial charge < -0.3 is 19.5 Å². The summed E-state index contributed by atoms with van der Waals surface area (Å²) in [7, 11) is 4.78. The van der Waals surface area contributed by atoms with Crippen LogP contribution in [0.15, 0.2) is 47.8 Å². The number of rotatable bonds is 7. The molecule has 1 heterocycles. The number of carbonyl (C=O) groups is 1. The van der Waals surface area contributed by atoms with Crippen LogP contribution in [0.3, 0.4) is 0 Å². The van der Waals surface area contributed by atoms with Crippen molar-refractivity contribution in [3.05, 3.63) is 59.1 Å². The number of nitrogens with one attached hydrogen (secondary N) is 1. The average Bonchev–Trinajstić information content (AvgIpc) is 3.22. The Bertz CT molecular complexity index is 922. The quantitative estimate of drug-likeness (QED) is 0.672. The van der Waals surface area contributed by atoms with Gasteiger partial charge >= 0.3 is 0 Å². The van der Waals surface area contributed by atoms with E-state index in [1.54, 1.807) is 26.7 Å². The SMILES string of the molecule is COc1ccc(-c2nc(C(=O)NCc3cccc(OC)c3OC)cs2)cc1. The number of carbonyl (C=O) groups excluding carboxylic acids is 1. The fourth-order valence-electron chi connectivity index (χ4n) is 2.60. The Morgan fingerprint density at radius 1 is 1.04 bits per heavy atom. The van der Waals surface area contributed by atoms with Crippen molar-refractivity contribution >= 4 is 17.2 Å². The van der Waals surface area contributed by atoms with Gasteiger partial charge in [-0.15, -0.1) is 11.3 Å². The number of hydrogen-bond acceptors (Lipinski definition) is 6. The van der Waals surface area contributed by atoms with Crippen molar-refractivity contribution in [3.63, 3.8) is 0 Å².